The van der Waals surface area contributed by atoms with Gasteiger partial charge in [-0.3, -0.25) is 4.79 Å². The Morgan fingerprint density at radius 1 is 1.53 bits per heavy atom. The molecule has 3 nitrogen and oxygen atoms in total. The molecule has 2 saturated heterocycles. The molecule has 0 aromatic carbocycles. The topological polar surface area (TPSA) is 32.3 Å². The van der Waals surface area contributed by atoms with Crippen LogP contribution >= 0.6 is 11.8 Å². The van der Waals surface area contributed by atoms with Crippen LogP contribution < -0.4 is 5.32 Å². The van der Waals surface area contributed by atoms with Crippen LogP contribution in [0.2, 0.25) is 0 Å². The quantitative estimate of drug-likeness (QED) is 0.725. The van der Waals surface area contributed by atoms with Gasteiger partial charge in [0.05, 0.1) is 0 Å². The highest BCUT2D eigenvalue weighted by molar-refractivity contribution is 7.99. The molecule has 0 radical (unpaired) electrons. The Morgan fingerprint density at radius 3 is 3.13 bits per heavy atom. The number of hydrogen-bond acceptors (Lipinski definition) is 3. The summed E-state index contributed by atoms with van der Waals surface area (Å²) in [7, 11) is 0. The minimum absolute atomic E-state index is 0.152. The largest absolute Gasteiger partial charge is 0.337 e. The molecule has 1 N–H and O–H groups in total. The number of hydrogen-bond donors (Lipinski definition) is 1. The first-order valence-electron chi connectivity index (χ1n) is 5.88. The van der Waals surface area contributed by atoms with Gasteiger partial charge in [-0.05, 0) is 18.6 Å². The van der Waals surface area contributed by atoms with E-state index in [-0.39, 0.29) is 5.92 Å². The zero-order valence-corrected chi connectivity index (χ0v) is 10.2. The number of amides is 1. The number of carbonyl (C=O) groups is 1. The third-order valence-corrected chi connectivity index (χ3v) is 4.46. The summed E-state index contributed by atoms with van der Waals surface area (Å²) in [5.74, 6) is 2.91. The molecule has 1 amide bonds. The molecular formula is C11H20N2OS. The Kier molecular flexibility index (Phi) is 3.92. The van der Waals surface area contributed by atoms with Crippen molar-refractivity contribution in [3.05, 3.63) is 0 Å². The van der Waals surface area contributed by atoms with Crippen LogP contribution in [0.25, 0.3) is 0 Å². The highest BCUT2D eigenvalue weighted by atomic mass is 32.2. The smallest absolute Gasteiger partial charge is 0.227 e. The van der Waals surface area contributed by atoms with E-state index in [1.54, 1.807) is 0 Å². The maximum Gasteiger partial charge on any atom is 0.227 e. The Morgan fingerprint density at radius 2 is 2.40 bits per heavy atom. The molecule has 0 aromatic heterocycles. The molecule has 0 bridgehead atoms. The Balaban J connectivity index is 2.00. The molecule has 2 rings (SSSR count). The number of nitrogens with zero attached hydrogens (tertiary/aromatic N) is 1. The van der Waals surface area contributed by atoms with Crippen molar-refractivity contribution >= 4 is 17.7 Å². The molecule has 2 unspecified atom stereocenters. The molecule has 4 heteroatoms. The molecule has 0 saturated carbocycles. The van der Waals surface area contributed by atoms with E-state index in [2.05, 4.69) is 10.2 Å². The van der Waals surface area contributed by atoms with E-state index in [0.29, 0.717) is 11.9 Å². The maximum atomic E-state index is 12.1. The lowest BCUT2D eigenvalue weighted by atomic mass is 10.1. The molecule has 2 heterocycles. The summed E-state index contributed by atoms with van der Waals surface area (Å²) in [4.78, 5) is 14.2. The minimum atomic E-state index is 0.152. The van der Waals surface area contributed by atoms with Gasteiger partial charge in [-0.2, -0.15) is 11.8 Å². The van der Waals surface area contributed by atoms with Gasteiger partial charge in [0.2, 0.25) is 5.91 Å². The van der Waals surface area contributed by atoms with Crippen LogP contribution in [0, 0.1) is 5.92 Å². The summed E-state index contributed by atoms with van der Waals surface area (Å²) in [6.07, 6.45) is 2.46. The summed E-state index contributed by atoms with van der Waals surface area (Å²) < 4.78 is 0. The lowest BCUT2D eigenvalue weighted by Gasteiger charge is -2.34. The molecular weight excluding hydrogens is 208 g/mol. The first-order valence-corrected chi connectivity index (χ1v) is 7.03. The summed E-state index contributed by atoms with van der Waals surface area (Å²) in [6.45, 7) is 4.73. The second-order valence-electron chi connectivity index (χ2n) is 4.51. The highest BCUT2D eigenvalue weighted by Gasteiger charge is 2.29. The van der Waals surface area contributed by atoms with Crippen LogP contribution in [-0.2, 0) is 4.79 Å². The molecule has 15 heavy (non-hydrogen) atoms. The lowest BCUT2D eigenvalue weighted by molar-refractivity contribution is -0.135. The number of thioether (sulfide) groups is 1. The van der Waals surface area contributed by atoms with Crippen LogP contribution in [0.1, 0.15) is 19.8 Å². The Labute approximate surface area is 96.0 Å². The van der Waals surface area contributed by atoms with Gasteiger partial charge in [0.1, 0.15) is 0 Å². The standard InChI is InChI=1S/C11H20N2OS/c1-9-7-12-4-5-13(11(9)14)10-3-2-6-15-8-10/h9-10,12H,2-8H2,1H3. The summed E-state index contributed by atoms with van der Waals surface area (Å²) in [5.41, 5.74) is 0. The van der Waals surface area contributed by atoms with E-state index in [0.717, 1.165) is 25.4 Å². The second kappa shape index (κ2) is 5.21. The number of carbonyl (C=O) groups excluding carboxylic acids is 1. The Bertz CT molecular complexity index is 229. The minimum Gasteiger partial charge on any atom is -0.337 e. The van der Waals surface area contributed by atoms with E-state index in [1.807, 2.05) is 18.7 Å². The van der Waals surface area contributed by atoms with Crippen molar-refractivity contribution in [1.29, 1.82) is 0 Å². The second-order valence-corrected chi connectivity index (χ2v) is 5.66. The van der Waals surface area contributed by atoms with Gasteiger partial charge in [0.15, 0.2) is 0 Å². The van der Waals surface area contributed by atoms with Crippen LogP contribution in [0.4, 0.5) is 0 Å². The summed E-state index contributed by atoms with van der Waals surface area (Å²) in [6, 6.07) is 0.499. The van der Waals surface area contributed by atoms with Crippen molar-refractivity contribution in [2.75, 3.05) is 31.1 Å². The molecule has 2 aliphatic rings. The van der Waals surface area contributed by atoms with E-state index in [4.69, 9.17) is 0 Å². The summed E-state index contributed by atoms with van der Waals surface area (Å²) in [5, 5.41) is 3.33. The lowest BCUT2D eigenvalue weighted by Crippen LogP contribution is -2.45. The third-order valence-electron chi connectivity index (χ3n) is 3.26. The molecule has 0 aromatic rings. The van der Waals surface area contributed by atoms with Gasteiger partial charge in [-0.15, -0.1) is 0 Å². The van der Waals surface area contributed by atoms with Crippen molar-refractivity contribution in [3.8, 4) is 0 Å². The van der Waals surface area contributed by atoms with Gasteiger partial charge in [-0.1, -0.05) is 6.92 Å². The molecule has 2 aliphatic heterocycles. The normalized spacial score (nSPS) is 33.9. The van der Waals surface area contributed by atoms with Crippen molar-refractivity contribution in [2.45, 2.75) is 25.8 Å². The van der Waals surface area contributed by atoms with Gasteiger partial charge >= 0.3 is 0 Å². The number of nitrogens with one attached hydrogen (secondary N) is 1. The molecule has 2 fully saturated rings. The highest BCUT2D eigenvalue weighted by Crippen LogP contribution is 2.23. The van der Waals surface area contributed by atoms with E-state index in [1.165, 1.54) is 18.6 Å². The summed E-state index contributed by atoms with van der Waals surface area (Å²) >= 11 is 1.99. The molecule has 0 spiro atoms. The van der Waals surface area contributed by atoms with Crippen molar-refractivity contribution < 1.29 is 4.79 Å². The molecule has 2 atom stereocenters. The van der Waals surface area contributed by atoms with E-state index >= 15 is 0 Å². The van der Waals surface area contributed by atoms with Crippen LogP contribution in [0.3, 0.4) is 0 Å². The maximum absolute atomic E-state index is 12.1. The molecule has 86 valence electrons. The van der Waals surface area contributed by atoms with E-state index < -0.39 is 0 Å². The van der Waals surface area contributed by atoms with Crippen molar-refractivity contribution in [3.63, 3.8) is 0 Å². The first kappa shape index (κ1) is 11.3. The predicted octanol–water partition coefficient (Wildman–Crippen LogP) is 0.950. The van der Waals surface area contributed by atoms with Crippen LogP contribution in [-0.4, -0.2) is 48.0 Å². The van der Waals surface area contributed by atoms with Gasteiger partial charge in [0.25, 0.3) is 0 Å². The fraction of sp³-hybridized carbons (Fsp3) is 0.909. The molecule has 0 aliphatic carbocycles. The van der Waals surface area contributed by atoms with Gasteiger partial charge in [0, 0.05) is 37.3 Å². The van der Waals surface area contributed by atoms with Crippen molar-refractivity contribution in [1.82, 2.24) is 10.2 Å². The Hall–Kier alpha value is -0.220. The number of rotatable bonds is 1. The van der Waals surface area contributed by atoms with E-state index in [9.17, 15) is 4.79 Å². The zero-order valence-electron chi connectivity index (χ0n) is 9.37. The van der Waals surface area contributed by atoms with Crippen LogP contribution in [0.5, 0.6) is 0 Å². The fourth-order valence-corrected chi connectivity index (χ4v) is 3.49. The average Bonchev–Trinajstić information content (AvgIpc) is 2.44. The third kappa shape index (κ3) is 2.67. The average molecular weight is 228 g/mol. The SMILES string of the molecule is CC1CNCCN(C2CCCSC2)C1=O. The zero-order chi connectivity index (χ0) is 10.7. The van der Waals surface area contributed by atoms with Crippen LogP contribution in [0.15, 0.2) is 0 Å². The monoisotopic (exact) mass is 228 g/mol. The van der Waals surface area contributed by atoms with Gasteiger partial charge in [-0.25, -0.2) is 0 Å². The fourth-order valence-electron chi connectivity index (χ4n) is 2.33. The van der Waals surface area contributed by atoms with Gasteiger partial charge < -0.3 is 10.2 Å². The van der Waals surface area contributed by atoms with Crippen molar-refractivity contribution in [2.24, 2.45) is 5.92 Å². The predicted molar refractivity (Wildman–Crippen MR) is 64.1 cm³/mol. The first-order chi connectivity index (χ1) is 7.29.